The lowest BCUT2D eigenvalue weighted by molar-refractivity contribution is 0.573. The maximum Gasteiger partial charge on any atom is 0.208 e. The summed E-state index contributed by atoms with van der Waals surface area (Å²) in [4.78, 5) is 6.79. The number of nitrogens with zero attached hydrogens (tertiary/aromatic N) is 2. The number of hydrogen-bond acceptors (Lipinski definition) is 4. The average Bonchev–Trinajstić information content (AvgIpc) is 2.88. The predicted molar refractivity (Wildman–Crippen MR) is 165 cm³/mol. The van der Waals surface area contributed by atoms with E-state index in [-0.39, 0.29) is 26.0 Å². The zero-order valence-electron chi connectivity index (χ0n) is 25.1. The highest BCUT2D eigenvalue weighted by atomic mass is 32.2. The van der Waals surface area contributed by atoms with Crippen molar-refractivity contribution in [1.82, 2.24) is 4.98 Å². The van der Waals surface area contributed by atoms with E-state index in [0.29, 0.717) is 0 Å². The molecule has 40 heavy (non-hydrogen) atoms. The third kappa shape index (κ3) is 4.64. The minimum atomic E-state index is -3.67. The van der Waals surface area contributed by atoms with Gasteiger partial charge in [0.1, 0.15) is 0 Å². The summed E-state index contributed by atoms with van der Waals surface area (Å²) in [5.41, 5.74) is 9.05. The average molecular weight is 553 g/mol. The van der Waals surface area contributed by atoms with Gasteiger partial charge in [0.15, 0.2) is 0 Å². The van der Waals surface area contributed by atoms with E-state index in [1.807, 2.05) is 13.0 Å². The van der Waals surface area contributed by atoms with Crippen molar-refractivity contribution in [1.29, 1.82) is 0 Å². The number of rotatable bonds is 3. The molecule has 1 aliphatic heterocycles. The van der Waals surface area contributed by atoms with Gasteiger partial charge in [0.25, 0.3) is 0 Å². The molecule has 0 amide bonds. The summed E-state index contributed by atoms with van der Waals surface area (Å²) in [6.45, 7) is 20.1. The first kappa shape index (κ1) is 28.1. The Morgan fingerprint density at radius 1 is 0.700 bits per heavy atom. The number of pyridine rings is 1. The van der Waals surface area contributed by atoms with Crippen LogP contribution in [0.2, 0.25) is 0 Å². The van der Waals surface area contributed by atoms with Crippen LogP contribution >= 0.6 is 0 Å². The summed E-state index contributed by atoms with van der Waals surface area (Å²) in [7, 11) is -3.67. The Kier molecular flexibility index (Phi) is 6.54. The number of fused-ring (bicyclic) bond motifs is 2. The van der Waals surface area contributed by atoms with E-state index in [1.54, 1.807) is 30.5 Å². The van der Waals surface area contributed by atoms with Crippen LogP contribution in [0.3, 0.4) is 0 Å². The lowest BCUT2D eigenvalue weighted by Crippen LogP contribution is -2.32. The van der Waals surface area contributed by atoms with Crippen molar-refractivity contribution >= 4 is 26.9 Å². The van der Waals surface area contributed by atoms with Crippen LogP contribution < -0.4 is 4.90 Å². The molecule has 1 aromatic heterocycles. The van der Waals surface area contributed by atoms with Gasteiger partial charge in [-0.25, -0.2) is 8.42 Å². The number of aromatic nitrogens is 1. The standard InChI is InChI=1S/C35H40N2O2S/c1-23-19-26(40(38,39)27-11-10-18-36-22-27)14-17-30(23)37-31-15-12-24(33(2,3)4)20-28(31)35(8,9)29-21-25(34(5,6)7)13-16-32(29)37/h10-22H,1-9H3. The van der Waals surface area contributed by atoms with E-state index in [2.05, 4.69) is 102 Å². The van der Waals surface area contributed by atoms with Crippen molar-refractivity contribution in [3.8, 4) is 0 Å². The van der Waals surface area contributed by atoms with Gasteiger partial charge in [-0.3, -0.25) is 4.98 Å². The Morgan fingerprint density at radius 3 is 1.68 bits per heavy atom. The van der Waals surface area contributed by atoms with E-state index in [9.17, 15) is 8.42 Å². The highest BCUT2D eigenvalue weighted by Gasteiger charge is 2.39. The topological polar surface area (TPSA) is 50.3 Å². The quantitative estimate of drug-likeness (QED) is 0.255. The fraction of sp³-hybridized carbons (Fsp3) is 0.343. The van der Waals surface area contributed by atoms with Crippen LogP contribution in [0.4, 0.5) is 17.1 Å². The van der Waals surface area contributed by atoms with Crippen LogP contribution in [0.1, 0.15) is 83.2 Å². The number of hydrogen-bond donors (Lipinski definition) is 0. The molecule has 5 rings (SSSR count). The molecule has 0 radical (unpaired) electrons. The number of anilines is 3. The second kappa shape index (κ2) is 9.31. The SMILES string of the molecule is Cc1cc(S(=O)(=O)c2cccnc2)ccc1N1c2ccc(C(C)(C)C)cc2C(C)(C)c2cc(C(C)(C)C)ccc21. The van der Waals surface area contributed by atoms with E-state index < -0.39 is 9.84 Å². The predicted octanol–water partition coefficient (Wildman–Crippen LogP) is 8.93. The number of aryl methyl sites for hydroxylation is 1. The van der Waals surface area contributed by atoms with Gasteiger partial charge in [-0.1, -0.05) is 79.7 Å². The molecular formula is C35H40N2O2S. The lowest BCUT2D eigenvalue weighted by atomic mass is 9.70. The zero-order valence-corrected chi connectivity index (χ0v) is 25.9. The fourth-order valence-electron chi connectivity index (χ4n) is 5.62. The first-order valence-electron chi connectivity index (χ1n) is 13.9. The van der Waals surface area contributed by atoms with E-state index >= 15 is 0 Å². The van der Waals surface area contributed by atoms with E-state index in [4.69, 9.17) is 0 Å². The van der Waals surface area contributed by atoms with Crippen molar-refractivity contribution in [2.75, 3.05) is 4.90 Å². The van der Waals surface area contributed by atoms with E-state index in [0.717, 1.165) is 22.6 Å². The molecule has 0 atom stereocenters. The van der Waals surface area contributed by atoms with Gasteiger partial charge < -0.3 is 4.90 Å². The molecule has 4 aromatic rings. The maximum atomic E-state index is 13.4. The van der Waals surface area contributed by atoms with Crippen LogP contribution in [0.25, 0.3) is 0 Å². The van der Waals surface area contributed by atoms with Crippen molar-refractivity contribution in [2.24, 2.45) is 0 Å². The second-order valence-electron chi connectivity index (χ2n) is 13.6. The highest BCUT2D eigenvalue weighted by molar-refractivity contribution is 7.91. The van der Waals surface area contributed by atoms with Crippen LogP contribution in [-0.2, 0) is 26.1 Å². The number of sulfone groups is 1. The Balaban J connectivity index is 1.74. The van der Waals surface area contributed by atoms with Crippen LogP contribution in [0.15, 0.2) is 88.9 Å². The molecule has 0 bridgehead atoms. The smallest absolute Gasteiger partial charge is 0.208 e. The first-order valence-corrected chi connectivity index (χ1v) is 15.4. The maximum absolute atomic E-state index is 13.4. The molecule has 0 saturated carbocycles. The molecule has 0 unspecified atom stereocenters. The fourth-order valence-corrected chi connectivity index (χ4v) is 6.93. The summed E-state index contributed by atoms with van der Waals surface area (Å²) in [6, 6.07) is 22.3. The van der Waals surface area contributed by atoms with Gasteiger partial charge in [-0.05, 0) is 88.0 Å². The molecule has 208 valence electrons. The summed E-state index contributed by atoms with van der Waals surface area (Å²) < 4.78 is 26.7. The lowest BCUT2D eigenvalue weighted by Gasteiger charge is -2.44. The van der Waals surface area contributed by atoms with Crippen molar-refractivity contribution in [3.05, 3.63) is 107 Å². The molecule has 1 aliphatic rings. The second-order valence-corrected chi connectivity index (χ2v) is 15.5. The molecule has 3 aromatic carbocycles. The van der Waals surface area contributed by atoms with Gasteiger partial charge in [-0.15, -0.1) is 0 Å². The molecule has 2 heterocycles. The van der Waals surface area contributed by atoms with Crippen LogP contribution in [0, 0.1) is 6.92 Å². The molecule has 5 heteroatoms. The normalized spacial score (nSPS) is 15.0. The van der Waals surface area contributed by atoms with Crippen LogP contribution in [0.5, 0.6) is 0 Å². The van der Waals surface area contributed by atoms with Gasteiger partial charge in [0, 0.05) is 23.5 Å². The van der Waals surface area contributed by atoms with Crippen molar-refractivity contribution < 1.29 is 8.42 Å². The largest absolute Gasteiger partial charge is 0.310 e. The highest BCUT2D eigenvalue weighted by Crippen LogP contribution is 2.54. The summed E-state index contributed by atoms with van der Waals surface area (Å²) in [5.74, 6) is 0. The van der Waals surface area contributed by atoms with Gasteiger partial charge >= 0.3 is 0 Å². The molecule has 0 N–H and O–H groups in total. The molecule has 0 saturated heterocycles. The van der Waals surface area contributed by atoms with Gasteiger partial charge in [-0.2, -0.15) is 0 Å². The minimum absolute atomic E-state index is 0.0156. The van der Waals surface area contributed by atoms with Gasteiger partial charge in [0.2, 0.25) is 9.84 Å². The Hall–Kier alpha value is -3.44. The third-order valence-corrected chi connectivity index (χ3v) is 9.95. The zero-order chi connectivity index (χ0) is 29.3. The van der Waals surface area contributed by atoms with E-state index in [1.165, 1.54) is 28.5 Å². The Labute approximate surface area is 240 Å². The van der Waals surface area contributed by atoms with Gasteiger partial charge in [0.05, 0.1) is 21.2 Å². The third-order valence-electron chi connectivity index (χ3n) is 8.22. The molecule has 4 nitrogen and oxygen atoms in total. The monoisotopic (exact) mass is 552 g/mol. The Bertz CT molecular complexity index is 1640. The molecule has 0 spiro atoms. The first-order chi connectivity index (χ1) is 18.5. The minimum Gasteiger partial charge on any atom is -0.310 e. The molecular weight excluding hydrogens is 512 g/mol. The number of benzene rings is 3. The van der Waals surface area contributed by atoms with Crippen molar-refractivity contribution in [2.45, 2.75) is 88.3 Å². The molecule has 0 aliphatic carbocycles. The Morgan fingerprint density at radius 2 is 1.23 bits per heavy atom. The summed E-state index contributed by atoms with van der Waals surface area (Å²) in [6.07, 6.45) is 2.98. The summed E-state index contributed by atoms with van der Waals surface area (Å²) in [5, 5.41) is 0. The summed E-state index contributed by atoms with van der Waals surface area (Å²) >= 11 is 0. The molecule has 0 fully saturated rings. The van der Waals surface area contributed by atoms with Crippen molar-refractivity contribution in [3.63, 3.8) is 0 Å². The van der Waals surface area contributed by atoms with Crippen LogP contribution in [-0.4, -0.2) is 13.4 Å².